The fourth-order valence-electron chi connectivity index (χ4n) is 1.11. The number of benzene rings is 1. The quantitative estimate of drug-likeness (QED) is 0.839. The van der Waals surface area contributed by atoms with Gasteiger partial charge in [-0.05, 0) is 34.1 Å². The average molecular weight is 349 g/mol. The summed E-state index contributed by atoms with van der Waals surface area (Å²) >= 11 is 8.79. The fraction of sp³-hybridized carbons (Fsp3) is 0.333. The van der Waals surface area contributed by atoms with Crippen molar-refractivity contribution in [3.63, 3.8) is 0 Å². The van der Waals surface area contributed by atoms with Crippen LogP contribution in [0.15, 0.2) is 27.6 Å². The van der Waals surface area contributed by atoms with E-state index in [4.69, 9.17) is 11.6 Å². The minimum absolute atomic E-state index is 0.0862. The minimum Gasteiger partial charge on any atom is -0.209 e. The lowest BCUT2D eigenvalue weighted by Crippen LogP contribution is -2.31. The van der Waals surface area contributed by atoms with E-state index in [1.165, 1.54) is 18.2 Å². The molecule has 0 spiro atoms. The molecule has 0 atom stereocenters. The van der Waals surface area contributed by atoms with Gasteiger partial charge < -0.3 is 0 Å². The molecule has 0 aromatic heterocycles. The Morgan fingerprint density at radius 2 is 2.06 bits per heavy atom. The molecule has 96 valence electrons. The number of sulfonamides is 1. The van der Waals surface area contributed by atoms with E-state index in [0.29, 0.717) is 13.8 Å². The van der Waals surface area contributed by atoms with E-state index < -0.39 is 23.0 Å². The highest BCUT2D eigenvalue weighted by Crippen LogP contribution is 2.26. The van der Waals surface area contributed by atoms with Crippen LogP contribution < -0.4 is 0 Å². The van der Waals surface area contributed by atoms with Gasteiger partial charge in [0.2, 0.25) is 10.0 Å². The number of rotatable bonds is 4. The molecule has 3 nitrogen and oxygen atoms in total. The molecule has 0 saturated heterocycles. The molecule has 0 N–H and O–H groups in total. The fourth-order valence-corrected chi connectivity index (χ4v) is 2.93. The first-order valence-corrected chi connectivity index (χ1v) is 7.06. The van der Waals surface area contributed by atoms with Gasteiger partial charge >= 0.3 is 0 Å². The monoisotopic (exact) mass is 347 g/mol. The van der Waals surface area contributed by atoms with Gasteiger partial charge in [0.1, 0.15) is 0 Å². The minimum atomic E-state index is -3.91. The molecule has 1 aromatic carbocycles. The van der Waals surface area contributed by atoms with Gasteiger partial charge in [0.15, 0.2) is 0 Å². The summed E-state index contributed by atoms with van der Waals surface area (Å²) in [5, 5.41) is 0.348. The highest BCUT2D eigenvalue weighted by Gasteiger charge is 2.24. The third-order valence-corrected chi connectivity index (χ3v) is 5.03. The number of halogens is 4. The van der Waals surface area contributed by atoms with Gasteiger partial charge in [-0.3, -0.25) is 0 Å². The summed E-state index contributed by atoms with van der Waals surface area (Å²) in [7, 11) is -2.81. The van der Waals surface area contributed by atoms with Crippen LogP contribution in [0.3, 0.4) is 0 Å². The average Bonchev–Trinajstić information content (AvgIpc) is 2.20. The molecule has 0 radical (unpaired) electrons. The predicted octanol–water partition coefficient (Wildman–Crippen LogP) is 2.99. The van der Waals surface area contributed by atoms with Crippen molar-refractivity contribution in [2.45, 2.75) is 11.3 Å². The van der Waals surface area contributed by atoms with Gasteiger partial charge in [-0.15, -0.1) is 0 Å². The standard InChI is InChI=1S/C9H9BrClF2NO2S/c1-14(5-9(12)13)17(15,16)6-2-3-8(11)7(10)4-6/h2-4,9H,5H2,1H3. The number of alkyl halides is 2. The van der Waals surface area contributed by atoms with Crippen LogP contribution in [0.25, 0.3) is 0 Å². The summed E-state index contributed by atoms with van der Waals surface area (Å²) in [5.74, 6) is 0. The Balaban J connectivity index is 3.09. The zero-order chi connectivity index (χ0) is 13.2. The number of nitrogens with zero attached hydrogens (tertiary/aromatic N) is 1. The van der Waals surface area contributed by atoms with E-state index in [9.17, 15) is 17.2 Å². The molecule has 0 bridgehead atoms. The normalized spacial score (nSPS) is 12.4. The maximum Gasteiger partial charge on any atom is 0.252 e. The maximum atomic E-state index is 12.1. The smallest absolute Gasteiger partial charge is 0.209 e. The Morgan fingerprint density at radius 3 is 2.53 bits per heavy atom. The number of hydrogen-bond donors (Lipinski definition) is 0. The van der Waals surface area contributed by atoms with E-state index in [0.717, 1.165) is 7.05 Å². The third kappa shape index (κ3) is 3.61. The first-order chi connectivity index (χ1) is 7.75. The van der Waals surface area contributed by atoms with Gasteiger partial charge in [-0.1, -0.05) is 11.6 Å². The van der Waals surface area contributed by atoms with Crippen molar-refractivity contribution in [3.05, 3.63) is 27.7 Å². The Kier molecular flexibility index (Phi) is 4.88. The van der Waals surface area contributed by atoms with Crippen molar-refractivity contribution in [2.24, 2.45) is 0 Å². The molecule has 17 heavy (non-hydrogen) atoms. The molecule has 0 fully saturated rings. The van der Waals surface area contributed by atoms with Crippen LogP contribution >= 0.6 is 27.5 Å². The van der Waals surface area contributed by atoms with Crippen LogP contribution in [0, 0.1) is 0 Å². The van der Waals surface area contributed by atoms with Crippen LogP contribution in [0.2, 0.25) is 5.02 Å². The van der Waals surface area contributed by atoms with E-state index in [-0.39, 0.29) is 4.90 Å². The second kappa shape index (κ2) is 5.60. The van der Waals surface area contributed by atoms with Gasteiger partial charge in [0, 0.05) is 11.5 Å². The summed E-state index contributed by atoms with van der Waals surface area (Å²) in [5.41, 5.74) is 0. The van der Waals surface area contributed by atoms with Gasteiger partial charge in [-0.25, -0.2) is 17.2 Å². The van der Waals surface area contributed by atoms with Crippen molar-refractivity contribution in [1.82, 2.24) is 4.31 Å². The van der Waals surface area contributed by atoms with E-state index in [2.05, 4.69) is 15.9 Å². The van der Waals surface area contributed by atoms with Crippen molar-refractivity contribution in [3.8, 4) is 0 Å². The zero-order valence-corrected chi connectivity index (χ0v) is 11.9. The maximum absolute atomic E-state index is 12.1. The summed E-state index contributed by atoms with van der Waals surface area (Å²) < 4.78 is 49.0. The molecular formula is C9H9BrClF2NO2S. The lowest BCUT2D eigenvalue weighted by Gasteiger charge is -2.16. The van der Waals surface area contributed by atoms with Crippen molar-refractivity contribution in [1.29, 1.82) is 0 Å². The van der Waals surface area contributed by atoms with Gasteiger partial charge in [0.25, 0.3) is 6.43 Å². The third-order valence-electron chi connectivity index (χ3n) is 1.99. The largest absolute Gasteiger partial charge is 0.252 e. The molecule has 1 aromatic rings. The Hall–Kier alpha value is -0.240. The molecule has 8 heteroatoms. The zero-order valence-electron chi connectivity index (χ0n) is 8.70. The van der Waals surface area contributed by atoms with Crippen molar-refractivity contribution in [2.75, 3.05) is 13.6 Å². The lowest BCUT2D eigenvalue weighted by molar-refractivity contribution is 0.126. The van der Waals surface area contributed by atoms with E-state index >= 15 is 0 Å². The summed E-state index contributed by atoms with van der Waals surface area (Å²) in [6.07, 6.45) is -2.72. The molecule has 0 saturated carbocycles. The van der Waals surface area contributed by atoms with Crippen LogP contribution in [-0.4, -0.2) is 32.7 Å². The van der Waals surface area contributed by atoms with Gasteiger partial charge in [0.05, 0.1) is 16.5 Å². The molecular weight excluding hydrogens is 340 g/mol. The van der Waals surface area contributed by atoms with Crippen molar-refractivity contribution >= 4 is 37.6 Å². The van der Waals surface area contributed by atoms with Crippen LogP contribution in [0.1, 0.15) is 0 Å². The first-order valence-electron chi connectivity index (χ1n) is 4.44. The van der Waals surface area contributed by atoms with E-state index in [1.54, 1.807) is 0 Å². The second-order valence-electron chi connectivity index (χ2n) is 3.25. The SMILES string of the molecule is CN(CC(F)F)S(=O)(=O)c1ccc(Cl)c(Br)c1. The summed E-state index contributed by atoms with van der Waals surface area (Å²) in [6, 6.07) is 3.93. The van der Waals surface area contributed by atoms with Gasteiger partial charge in [-0.2, -0.15) is 4.31 Å². The molecule has 0 unspecified atom stereocenters. The van der Waals surface area contributed by atoms with E-state index in [1.807, 2.05) is 0 Å². The molecule has 1 rings (SSSR count). The summed E-state index contributed by atoms with van der Waals surface area (Å²) in [6.45, 7) is -0.845. The lowest BCUT2D eigenvalue weighted by atomic mass is 10.4. The Labute approximate surface area is 112 Å². The summed E-state index contributed by atoms with van der Waals surface area (Å²) in [4.78, 5) is -0.0862. The molecule has 0 heterocycles. The molecule has 0 aliphatic rings. The van der Waals surface area contributed by atoms with Crippen LogP contribution in [-0.2, 0) is 10.0 Å². The number of hydrogen-bond acceptors (Lipinski definition) is 2. The van der Waals surface area contributed by atoms with Crippen LogP contribution in [0.5, 0.6) is 0 Å². The molecule has 0 amide bonds. The highest BCUT2D eigenvalue weighted by atomic mass is 79.9. The first kappa shape index (κ1) is 14.8. The van der Waals surface area contributed by atoms with Crippen LogP contribution in [0.4, 0.5) is 8.78 Å². The highest BCUT2D eigenvalue weighted by molar-refractivity contribution is 9.10. The molecule has 0 aliphatic heterocycles. The second-order valence-corrected chi connectivity index (χ2v) is 6.56. The van der Waals surface area contributed by atoms with Crippen molar-refractivity contribution < 1.29 is 17.2 Å². The Morgan fingerprint density at radius 1 is 1.47 bits per heavy atom. The Bertz CT molecular complexity index is 510. The molecule has 0 aliphatic carbocycles. The predicted molar refractivity (Wildman–Crippen MR) is 65.0 cm³/mol. The topological polar surface area (TPSA) is 37.4 Å².